The van der Waals surface area contributed by atoms with Gasteiger partial charge in [0.25, 0.3) is 0 Å². The molecule has 0 amide bonds. The molecule has 0 unspecified atom stereocenters. The monoisotopic (exact) mass is 365 g/mol. The largest absolute Gasteiger partial charge is 0.465 e. The highest BCUT2D eigenvalue weighted by atomic mass is 32.1. The maximum atomic E-state index is 12.1. The van der Waals surface area contributed by atoms with Crippen molar-refractivity contribution < 1.29 is 9.53 Å². The third kappa shape index (κ3) is 3.86. The molecule has 0 N–H and O–H groups in total. The molecule has 3 aromatic rings. The zero-order valence-corrected chi connectivity index (χ0v) is 16.3. The van der Waals surface area contributed by atoms with E-state index in [-0.39, 0.29) is 11.9 Å². The van der Waals surface area contributed by atoms with E-state index in [1.165, 1.54) is 12.0 Å². The van der Waals surface area contributed by atoms with Crippen LogP contribution in [0.25, 0.3) is 10.6 Å². The predicted molar refractivity (Wildman–Crippen MR) is 107 cm³/mol. The lowest BCUT2D eigenvalue weighted by Crippen LogP contribution is -2.05. The molecule has 26 heavy (non-hydrogen) atoms. The van der Waals surface area contributed by atoms with E-state index in [0.29, 0.717) is 11.5 Å². The number of benzene rings is 1. The van der Waals surface area contributed by atoms with Gasteiger partial charge in [0.1, 0.15) is 0 Å². The van der Waals surface area contributed by atoms with Crippen molar-refractivity contribution in [1.82, 2.24) is 4.98 Å². The van der Waals surface area contributed by atoms with Crippen molar-refractivity contribution in [1.29, 1.82) is 0 Å². The highest BCUT2D eigenvalue weighted by Crippen LogP contribution is 2.35. The summed E-state index contributed by atoms with van der Waals surface area (Å²) in [7, 11) is 1.42. The Bertz CT molecular complexity index is 900. The summed E-state index contributed by atoms with van der Waals surface area (Å²) in [5, 5.41) is 0. The fourth-order valence-electron chi connectivity index (χ4n) is 2.89. The Kier molecular flexibility index (Phi) is 5.52. The Morgan fingerprint density at radius 2 is 1.81 bits per heavy atom. The van der Waals surface area contributed by atoms with Crippen molar-refractivity contribution in [3.8, 4) is 10.6 Å². The van der Waals surface area contributed by atoms with Crippen LogP contribution < -0.4 is 0 Å². The third-order valence-corrected chi connectivity index (χ3v) is 5.83. The van der Waals surface area contributed by atoms with Crippen LogP contribution in [0.1, 0.15) is 59.0 Å². The summed E-state index contributed by atoms with van der Waals surface area (Å²) in [6.45, 7) is 6.44. The molecule has 0 aliphatic rings. The number of methoxy groups -OCH3 is 1. The molecule has 134 valence electrons. The molecule has 0 fully saturated rings. The Labute approximate surface area is 158 Å². The van der Waals surface area contributed by atoms with E-state index in [9.17, 15) is 4.79 Å². The standard InChI is InChI=1S/C22H23NO2S/c1-14(2)16-11-17(13-18(12-16)22(24)25-4)15(3)20-8-9-21(26-20)19-7-5-6-10-23-19/h5-15H,1-4H3/t15-/m0/s1. The zero-order chi connectivity index (χ0) is 18.7. The van der Waals surface area contributed by atoms with Gasteiger partial charge in [-0.25, -0.2) is 4.79 Å². The minimum absolute atomic E-state index is 0.194. The number of rotatable bonds is 5. The first kappa shape index (κ1) is 18.3. The number of aromatic nitrogens is 1. The van der Waals surface area contributed by atoms with Crippen molar-refractivity contribution >= 4 is 17.3 Å². The fraction of sp³-hybridized carbons (Fsp3) is 0.273. The molecule has 0 radical (unpaired) electrons. The van der Waals surface area contributed by atoms with Crippen molar-refractivity contribution in [3.05, 3.63) is 76.3 Å². The van der Waals surface area contributed by atoms with E-state index in [0.717, 1.165) is 21.7 Å². The quantitative estimate of drug-likeness (QED) is 0.531. The maximum absolute atomic E-state index is 12.1. The van der Waals surface area contributed by atoms with Crippen LogP contribution in [0.2, 0.25) is 0 Å². The van der Waals surface area contributed by atoms with Gasteiger partial charge in [0.2, 0.25) is 0 Å². The van der Waals surface area contributed by atoms with Crippen LogP contribution in [-0.2, 0) is 4.74 Å². The van der Waals surface area contributed by atoms with E-state index >= 15 is 0 Å². The van der Waals surface area contributed by atoms with Gasteiger partial charge in [-0.2, -0.15) is 0 Å². The zero-order valence-electron chi connectivity index (χ0n) is 15.5. The van der Waals surface area contributed by atoms with Crippen molar-refractivity contribution in [2.75, 3.05) is 7.11 Å². The summed E-state index contributed by atoms with van der Waals surface area (Å²) < 4.78 is 4.93. The number of thiophene rings is 1. The summed E-state index contributed by atoms with van der Waals surface area (Å²) in [5.74, 6) is 0.249. The van der Waals surface area contributed by atoms with Gasteiger partial charge in [-0.15, -0.1) is 11.3 Å². The number of nitrogens with zero attached hydrogens (tertiary/aromatic N) is 1. The third-order valence-electron chi connectivity index (χ3n) is 4.54. The first-order valence-corrected chi connectivity index (χ1v) is 9.55. The number of carbonyl (C=O) groups excluding carboxylic acids is 1. The molecule has 1 atom stereocenters. The lowest BCUT2D eigenvalue weighted by molar-refractivity contribution is 0.0600. The molecule has 0 aliphatic heterocycles. The molecule has 4 heteroatoms. The van der Waals surface area contributed by atoms with Gasteiger partial charge in [0, 0.05) is 17.0 Å². The number of pyridine rings is 1. The summed E-state index contributed by atoms with van der Waals surface area (Å²) >= 11 is 1.74. The van der Waals surface area contributed by atoms with Crippen LogP contribution in [0, 0.1) is 0 Å². The lowest BCUT2D eigenvalue weighted by atomic mass is 9.91. The van der Waals surface area contributed by atoms with Crippen LogP contribution in [0.5, 0.6) is 0 Å². The maximum Gasteiger partial charge on any atom is 0.337 e. The van der Waals surface area contributed by atoms with Crippen molar-refractivity contribution in [3.63, 3.8) is 0 Å². The van der Waals surface area contributed by atoms with E-state index < -0.39 is 0 Å². The van der Waals surface area contributed by atoms with Crippen molar-refractivity contribution in [2.45, 2.75) is 32.6 Å². The Morgan fingerprint density at radius 3 is 2.46 bits per heavy atom. The molecular weight excluding hydrogens is 342 g/mol. The van der Waals surface area contributed by atoms with E-state index in [2.05, 4.69) is 44.0 Å². The second kappa shape index (κ2) is 7.83. The topological polar surface area (TPSA) is 39.2 Å². The molecular formula is C22H23NO2S. The van der Waals surface area contributed by atoms with Gasteiger partial charge in [-0.1, -0.05) is 32.9 Å². The molecule has 0 saturated carbocycles. The first-order chi connectivity index (χ1) is 12.5. The number of esters is 1. The Hall–Kier alpha value is -2.46. The SMILES string of the molecule is COC(=O)c1cc(C(C)C)cc([C@H](C)c2ccc(-c3ccccn3)s2)c1. The van der Waals surface area contributed by atoms with Gasteiger partial charge in [0.15, 0.2) is 0 Å². The van der Waals surface area contributed by atoms with Gasteiger partial charge in [-0.05, 0) is 53.4 Å². The summed E-state index contributed by atoms with van der Waals surface area (Å²) in [4.78, 5) is 18.9. The molecule has 3 nitrogen and oxygen atoms in total. The second-order valence-electron chi connectivity index (χ2n) is 6.67. The molecule has 0 spiro atoms. The highest BCUT2D eigenvalue weighted by Gasteiger charge is 2.17. The first-order valence-electron chi connectivity index (χ1n) is 8.74. The van der Waals surface area contributed by atoms with Crippen LogP contribution in [0.15, 0.2) is 54.7 Å². The lowest BCUT2D eigenvalue weighted by Gasteiger charge is -2.15. The predicted octanol–water partition coefficient (Wildman–Crippen LogP) is 5.87. The Morgan fingerprint density at radius 1 is 1.04 bits per heavy atom. The molecule has 2 heterocycles. The van der Waals surface area contributed by atoms with Crippen LogP contribution in [-0.4, -0.2) is 18.1 Å². The molecule has 0 bridgehead atoms. The molecule has 0 saturated heterocycles. The second-order valence-corrected chi connectivity index (χ2v) is 7.79. The normalized spacial score (nSPS) is 12.2. The van der Waals surface area contributed by atoms with E-state index in [4.69, 9.17) is 4.74 Å². The minimum atomic E-state index is -0.290. The van der Waals surface area contributed by atoms with E-state index in [1.54, 1.807) is 11.3 Å². The van der Waals surface area contributed by atoms with Gasteiger partial charge in [-0.3, -0.25) is 4.98 Å². The molecule has 0 aliphatic carbocycles. The minimum Gasteiger partial charge on any atom is -0.465 e. The summed E-state index contributed by atoms with van der Waals surface area (Å²) in [6, 6.07) is 16.3. The van der Waals surface area contributed by atoms with Crippen LogP contribution in [0.3, 0.4) is 0 Å². The number of hydrogen-bond acceptors (Lipinski definition) is 4. The molecule has 1 aromatic carbocycles. The van der Waals surface area contributed by atoms with Gasteiger partial charge < -0.3 is 4.74 Å². The Balaban J connectivity index is 1.97. The fourth-order valence-corrected chi connectivity index (χ4v) is 3.96. The number of carbonyl (C=O) groups is 1. The highest BCUT2D eigenvalue weighted by molar-refractivity contribution is 7.15. The molecule has 2 aromatic heterocycles. The average Bonchev–Trinajstić information content (AvgIpc) is 3.17. The summed E-state index contributed by atoms with van der Waals surface area (Å²) in [5.41, 5.74) is 3.88. The number of ether oxygens (including phenoxy) is 1. The van der Waals surface area contributed by atoms with Crippen molar-refractivity contribution in [2.24, 2.45) is 0 Å². The van der Waals surface area contributed by atoms with Crippen LogP contribution in [0.4, 0.5) is 0 Å². The van der Waals surface area contributed by atoms with E-state index in [1.807, 2.05) is 36.5 Å². The van der Waals surface area contributed by atoms with Gasteiger partial charge >= 0.3 is 5.97 Å². The number of hydrogen-bond donors (Lipinski definition) is 0. The van der Waals surface area contributed by atoms with Gasteiger partial charge in [0.05, 0.1) is 23.2 Å². The molecule has 3 rings (SSSR count). The van der Waals surface area contributed by atoms with Crippen LogP contribution >= 0.6 is 11.3 Å². The average molecular weight is 365 g/mol. The summed E-state index contributed by atoms with van der Waals surface area (Å²) in [6.07, 6.45) is 1.81. The smallest absolute Gasteiger partial charge is 0.337 e.